The Morgan fingerprint density at radius 1 is 1.26 bits per heavy atom. The van der Waals surface area contributed by atoms with Crippen molar-refractivity contribution in [2.75, 3.05) is 37.3 Å². The molecule has 1 aromatic heterocycles. The number of nitrogen functional groups attached to an aromatic ring is 1. The maximum Gasteiger partial charge on any atom is 0.222 e. The van der Waals surface area contributed by atoms with Crippen molar-refractivity contribution in [3.8, 4) is 0 Å². The van der Waals surface area contributed by atoms with Crippen molar-refractivity contribution in [1.29, 1.82) is 0 Å². The van der Waals surface area contributed by atoms with Crippen molar-refractivity contribution in [3.63, 3.8) is 0 Å². The molecule has 0 radical (unpaired) electrons. The number of hydrogen-bond donors (Lipinski definition) is 1. The Morgan fingerprint density at radius 3 is 2.89 bits per heavy atom. The standard InChI is InChI=1S/C14H23N5/c1-10-8-13(17-14(15)16-10)19-7-5-12-11(9-19)4-3-6-18(12)2/h8,11-12H,3-7,9H2,1-2H3,(H2,15,16,17). The Kier molecular flexibility index (Phi) is 3.31. The molecule has 2 N–H and O–H groups in total. The van der Waals surface area contributed by atoms with Crippen LogP contribution in [0, 0.1) is 12.8 Å². The van der Waals surface area contributed by atoms with Gasteiger partial charge in [0.25, 0.3) is 0 Å². The highest BCUT2D eigenvalue weighted by Crippen LogP contribution is 2.31. The van der Waals surface area contributed by atoms with Crippen LogP contribution in [0.1, 0.15) is 25.0 Å². The molecule has 2 aliphatic heterocycles. The van der Waals surface area contributed by atoms with Gasteiger partial charge < -0.3 is 15.5 Å². The van der Waals surface area contributed by atoms with E-state index in [0.717, 1.165) is 36.6 Å². The van der Waals surface area contributed by atoms with E-state index in [1.807, 2.05) is 13.0 Å². The first-order valence-corrected chi connectivity index (χ1v) is 7.20. The van der Waals surface area contributed by atoms with Crippen LogP contribution in [0.4, 0.5) is 11.8 Å². The van der Waals surface area contributed by atoms with Crippen LogP contribution in [0.5, 0.6) is 0 Å². The summed E-state index contributed by atoms with van der Waals surface area (Å²) in [5.41, 5.74) is 6.71. The second kappa shape index (κ2) is 4.96. The molecule has 0 saturated carbocycles. The van der Waals surface area contributed by atoms with Crippen LogP contribution in [-0.2, 0) is 0 Å². The highest BCUT2D eigenvalue weighted by molar-refractivity contribution is 5.44. The van der Waals surface area contributed by atoms with E-state index in [1.54, 1.807) is 0 Å². The minimum absolute atomic E-state index is 0.387. The number of likely N-dealkylation sites (tertiary alicyclic amines) is 1. The Balaban J connectivity index is 1.77. The van der Waals surface area contributed by atoms with Crippen LogP contribution in [0.25, 0.3) is 0 Å². The molecule has 5 nitrogen and oxygen atoms in total. The van der Waals surface area contributed by atoms with Gasteiger partial charge in [0, 0.05) is 30.9 Å². The summed E-state index contributed by atoms with van der Waals surface area (Å²) in [5, 5.41) is 0. The molecular weight excluding hydrogens is 238 g/mol. The fourth-order valence-corrected chi connectivity index (χ4v) is 3.60. The summed E-state index contributed by atoms with van der Waals surface area (Å²) in [5.74, 6) is 2.15. The average Bonchev–Trinajstić information content (AvgIpc) is 2.37. The van der Waals surface area contributed by atoms with Gasteiger partial charge in [-0.15, -0.1) is 0 Å². The van der Waals surface area contributed by atoms with Crippen molar-refractivity contribution < 1.29 is 0 Å². The van der Waals surface area contributed by atoms with Gasteiger partial charge in [-0.3, -0.25) is 0 Å². The van der Waals surface area contributed by atoms with Gasteiger partial charge in [0.2, 0.25) is 5.95 Å². The molecule has 2 aliphatic rings. The molecule has 0 bridgehead atoms. The van der Waals surface area contributed by atoms with Gasteiger partial charge in [0.15, 0.2) is 0 Å². The van der Waals surface area contributed by atoms with E-state index in [0.29, 0.717) is 5.95 Å². The fourth-order valence-electron chi connectivity index (χ4n) is 3.60. The van der Waals surface area contributed by atoms with Gasteiger partial charge in [0.1, 0.15) is 5.82 Å². The lowest BCUT2D eigenvalue weighted by molar-refractivity contribution is 0.102. The van der Waals surface area contributed by atoms with E-state index < -0.39 is 0 Å². The lowest BCUT2D eigenvalue weighted by Crippen LogP contribution is -2.52. The Labute approximate surface area is 114 Å². The zero-order chi connectivity index (χ0) is 13.4. The van der Waals surface area contributed by atoms with Gasteiger partial charge in [0.05, 0.1) is 0 Å². The van der Waals surface area contributed by atoms with Gasteiger partial charge in [-0.25, -0.2) is 4.98 Å². The Hall–Kier alpha value is -1.36. The first kappa shape index (κ1) is 12.7. The maximum absolute atomic E-state index is 5.76. The number of piperidine rings is 2. The zero-order valence-electron chi connectivity index (χ0n) is 11.8. The van der Waals surface area contributed by atoms with E-state index in [1.165, 1.54) is 25.8 Å². The van der Waals surface area contributed by atoms with E-state index in [9.17, 15) is 0 Å². The Bertz CT molecular complexity index is 441. The molecule has 0 spiro atoms. The van der Waals surface area contributed by atoms with Gasteiger partial charge in [-0.05, 0) is 45.7 Å². The summed E-state index contributed by atoms with van der Waals surface area (Å²) in [7, 11) is 2.26. The fraction of sp³-hybridized carbons (Fsp3) is 0.714. The molecule has 3 heterocycles. The van der Waals surface area contributed by atoms with Crippen molar-refractivity contribution in [2.24, 2.45) is 5.92 Å². The number of aromatic nitrogens is 2. The number of aryl methyl sites for hydroxylation is 1. The lowest BCUT2D eigenvalue weighted by atomic mass is 9.84. The summed E-state index contributed by atoms with van der Waals surface area (Å²) in [6.45, 7) is 5.40. The van der Waals surface area contributed by atoms with Crippen LogP contribution in [0.3, 0.4) is 0 Å². The normalized spacial score (nSPS) is 28.2. The van der Waals surface area contributed by atoms with Crippen molar-refractivity contribution in [1.82, 2.24) is 14.9 Å². The summed E-state index contributed by atoms with van der Waals surface area (Å²) in [6.07, 6.45) is 3.88. The number of anilines is 2. The van der Waals surface area contributed by atoms with Crippen molar-refractivity contribution >= 4 is 11.8 Å². The van der Waals surface area contributed by atoms with Crippen molar-refractivity contribution in [2.45, 2.75) is 32.2 Å². The molecule has 19 heavy (non-hydrogen) atoms. The molecule has 1 aromatic rings. The number of nitrogens with two attached hydrogens (primary N) is 1. The summed E-state index contributed by atoms with van der Waals surface area (Å²) < 4.78 is 0. The van der Waals surface area contributed by atoms with Gasteiger partial charge in [-0.2, -0.15) is 4.98 Å². The van der Waals surface area contributed by atoms with Crippen LogP contribution < -0.4 is 10.6 Å². The number of rotatable bonds is 1. The highest BCUT2D eigenvalue weighted by Gasteiger charge is 2.34. The molecule has 0 aromatic carbocycles. The molecule has 2 atom stereocenters. The quantitative estimate of drug-likeness (QED) is 0.825. The van der Waals surface area contributed by atoms with Crippen LogP contribution in [-0.4, -0.2) is 47.6 Å². The third-order valence-corrected chi connectivity index (χ3v) is 4.53. The molecule has 2 saturated heterocycles. The summed E-state index contributed by atoms with van der Waals surface area (Å²) >= 11 is 0. The predicted molar refractivity (Wildman–Crippen MR) is 77.2 cm³/mol. The molecule has 0 amide bonds. The van der Waals surface area contributed by atoms with E-state index >= 15 is 0 Å². The summed E-state index contributed by atoms with van der Waals surface area (Å²) in [6, 6.07) is 2.80. The number of nitrogens with zero attached hydrogens (tertiary/aromatic N) is 4. The molecule has 3 rings (SSSR count). The first-order valence-electron chi connectivity index (χ1n) is 7.20. The van der Waals surface area contributed by atoms with Crippen LogP contribution >= 0.6 is 0 Å². The third kappa shape index (κ3) is 2.52. The average molecular weight is 261 g/mol. The second-order valence-corrected chi connectivity index (χ2v) is 5.91. The largest absolute Gasteiger partial charge is 0.368 e. The van der Waals surface area contributed by atoms with E-state index in [4.69, 9.17) is 5.73 Å². The maximum atomic E-state index is 5.76. The van der Waals surface area contributed by atoms with E-state index in [-0.39, 0.29) is 0 Å². The minimum Gasteiger partial charge on any atom is -0.368 e. The SMILES string of the molecule is Cc1cc(N2CCC3C(CCCN3C)C2)nc(N)n1. The van der Waals surface area contributed by atoms with Crippen LogP contribution in [0.15, 0.2) is 6.07 Å². The number of hydrogen-bond acceptors (Lipinski definition) is 5. The van der Waals surface area contributed by atoms with Gasteiger partial charge in [-0.1, -0.05) is 0 Å². The Morgan fingerprint density at radius 2 is 2.11 bits per heavy atom. The molecule has 2 unspecified atom stereocenters. The molecule has 104 valence electrons. The summed E-state index contributed by atoms with van der Waals surface area (Å²) in [4.78, 5) is 13.5. The van der Waals surface area contributed by atoms with Crippen molar-refractivity contribution in [3.05, 3.63) is 11.8 Å². The molecule has 5 heteroatoms. The smallest absolute Gasteiger partial charge is 0.222 e. The third-order valence-electron chi connectivity index (χ3n) is 4.53. The highest BCUT2D eigenvalue weighted by atomic mass is 15.2. The zero-order valence-corrected chi connectivity index (χ0v) is 11.8. The molecule has 0 aliphatic carbocycles. The van der Waals surface area contributed by atoms with Crippen LogP contribution in [0.2, 0.25) is 0 Å². The molecular formula is C14H23N5. The minimum atomic E-state index is 0.387. The topological polar surface area (TPSA) is 58.3 Å². The van der Waals surface area contributed by atoms with E-state index in [2.05, 4.69) is 26.8 Å². The number of fused-ring (bicyclic) bond motifs is 1. The second-order valence-electron chi connectivity index (χ2n) is 5.91. The first-order chi connectivity index (χ1) is 9.13. The lowest BCUT2D eigenvalue weighted by Gasteiger charge is -2.46. The molecule has 2 fully saturated rings. The monoisotopic (exact) mass is 261 g/mol. The predicted octanol–water partition coefficient (Wildman–Crippen LogP) is 1.29. The van der Waals surface area contributed by atoms with Gasteiger partial charge >= 0.3 is 0 Å².